The van der Waals surface area contributed by atoms with Crippen molar-refractivity contribution in [3.8, 4) is 0 Å². The molecule has 0 amide bonds. The summed E-state index contributed by atoms with van der Waals surface area (Å²) in [6.07, 6.45) is 1.52. The molecule has 0 saturated heterocycles. The first kappa shape index (κ1) is 14.4. The van der Waals surface area contributed by atoms with Gasteiger partial charge in [-0.25, -0.2) is 0 Å². The molecule has 0 heterocycles. The largest absolute Gasteiger partial charge is 0.481 e. The highest BCUT2D eigenvalue weighted by Gasteiger charge is 2.18. The van der Waals surface area contributed by atoms with Crippen LogP contribution in [0, 0.1) is 5.41 Å². The Bertz CT molecular complexity index is 190. The standard InChI is InChI=1S/C11H23NO3/c1-9(13)8-12-7-6-11(2,3)5-4-10(14)15/h9,12-13H,4-8H2,1-3H3,(H,14,15). The van der Waals surface area contributed by atoms with E-state index in [4.69, 9.17) is 10.2 Å². The van der Waals surface area contributed by atoms with Crippen LogP contribution >= 0.6 is 0 Å². The van der Waals surface area contributed by atoms with E-state index in [1.165, 1.54) is 0 Å². The molecule has 0 rings (SSSR count). The number of carboxylic acid groups (broad SMARTS) is 1. The average molecular weight is 217 g/mol. The second kappa shape index (κ2) is 6.80. The van der Waals surface area contributed by atoms with Gasteiger partial charge in [0.2, 0.25) is 0 Å². The van der Waals surface area contributed by atoms with Crippen LogP contribution in [0.15, 0.2) is 0 Å². The molecule has 0 aromatic heterocycles. The van der Waals surface area contributed by atoms with E-state index < -0.39 is 5.97 Å². The summed E-state index contributed by atoms with van der Waals surface area (Å²) in [5.41, 5.74) is 0.0457. The lowest BCUT2D eigenvalue weighted by Crippen LogP contribution is -2.28. The Labute approximate surface area is 91.7 Å². The third-order valence-electron chi connectivity index (χ3n) is 2.43. The van der Waals surface area contributed by atoms with Crippen LogP contribution in [0.2, 0.25) is 0 Å². The summed E-state index contributed by atoms with van der Waals surface area (Å²) in [4.78, 5) is 10.4. The monoisotopic (exact) mass is 217 g/mol. The van der Waals surface area contributed by atoms with Gasteiger partial charge in [-0.05, 0) is 31.7 Å². The van der Waals surface area contributed by atoms with E-state index in [2.05, 4.69) is 19.2 Å². The molecule has 0 bridgehead atoms. The van der Waals surface area contributed by atoms with Crippen molar-refractivity contribution in [2.45, 2.75) is 46.1 Å². The predicted octanol–water partition coefficient (Wildman–Crippen LogP) is 1.24. The molecule has 4 heteroatoms. The Morgan fingerprint density at radius 1 is 1.40 bits per heavy atom. The molecule has 1 atom stereocenters. The minimum absolute atomic E-state index is 0.0457. The van der Waals surface area contributed by atoms with Crippen LogP contribution < -0.4 is 5.32 Å². The molecule has 0 aliphatic rings. The SMILES string of the molecule is CC(O)CNCCC(C)(C)CCC(=O)O. The molecule has 4 nitrogen and oxygen atoms in total. The van der Waals surface area contributed by atoms with Gasteiger partial charge in [0.1, 0.15) is 0 Å². The van der Waals surface area contributed by atoms with Gasteiger partial charge < -0.3 is 15.5 Å². The van der Waals surface area contributed by atoms with E-state index in [-0.39, 0.29) is 17.9 Å². The van der Waals surface area contributed by atoms with E-state index >= 15 is 0 Å². The zero-order valence-electron chi connectivity index (χ0n) is 9.92. The lowest BCUT2D eigenvalue weighted by molar-refractivity contribution is -0.137. The van der Waals surface area contributed by atoms with Crippen LogP contribution in [0.1, 0.15) is 40.0 Å². The fourth-order valence-corrected chi connectivity index (χ4v) is 1.31. The summed E-state index contributed by atoms with van der Waals surface area (Å²) in [5, 5.41) is 20.7. The minimum Gasteiger partial charge on any atom is -0.481 e. The van der Waals surface area contributed by atoms with Crippen LogP contribution in [0.25, 0.3) is 0 Å². The van der Waals surface area contributed by atoms with Gasteiger partial charge in [-0.3, -0.25) is 4.79 Å². The number of rotatable bonds is 8. The highest BCUT2D eigenvalue weighted by atomic mass is 16.4. The quantitative estimate of drug-likeness (QED) is 0.535. The molecule has 90 valence electrons. The second-order valence-electron chi connectivity index (χ2n) is 4.86. The Kier molecular flexibility index (Phi) is 6.52. The van der Waals surface area contributed by atoms with E-state index in [1.54, 1.807) is 6.92 Å². The van der Waals surface area contributed by atoms with Gasteiger partial charge in [0.25, 0.3) is 0 Å². The maximum atomic E-state index is 10.4. The number of aliphatic carboxylic acids is 1. The van der Waals surface area contributed by atoms with Crippen molar-refractivity contribution in [3.63, 3.8) is 0 Å². The molecule has 15 heavy (non-hydrogen) atoms. The third-order valence-corrected chi connectivity index (χ3v) is 2.43. The summed E-state index contributed by atoms with van der Waals surface area (Å²) in [6, 6.07) is 0. The topological polar surface area (TPSA) is 69.6 Å². The van der Waals surface area contributed by atoms with Crippen LogP contribution in [-0.4, -0.2) is 35.4 Å². The van der Waals surface area contributed by atoms with Crippen molar-refractivity contribution in [3.05, 3.63) is 0 Å². The van der Waals surface area contributed by atoms with Crippen molar-refractivity contribution in [1.29, 1.82) is 0 Å². The van der Waals surface area contributed by atoms with E-state index in [9.17, 15) is 4.79 Å². The first-order valence-electron chi connectivity index (χ1n) is 5.44. The first-order chi connectivity index (χ1) is 6.83. The van der Waals surface area contributed by atoms with Gasteiger partial charge in [0.15, 0.2) is 0 Å². The molecule has 0 aromatic carbocycles. The summed E-state index contributed by atoms with van der Waals surface area (Å²) in [5.74, 6) is -0.736. The molecule has 3 N–H and O–H groups in total. The summed E-state index contributed by atoms with van der Waals surface area (Å²) in [6.45, 7) is 7.29. The normalized spacial score (nSPS) is 13.9. The van der Waals surface area contributed by atoms with Gasteiger partial charge in [-0.1, -0.05) is 13.8 Å². The molecule has 1 unspecified atom stereocenters. The second-order valence-corrected chi connectivity index (χ2v) is 4.86. The maximum absolute atomic E-state index is 10.4. The summed E-state index contributed by atoms with van der Waals surface area (Å²) in [7, 11) is 0. The number of hydrogen-bond acceptors (Lipinski definition) is 3. The zero-order valence-corrected chi connectivity index (χ0v) is 9.92. The highest BCUT2D eigenvalue weighted by Crippen LogP contribution is 2.25. The number of hydrogen-bond donors (Lipinski definition) is 3. The fourth-order valence-electron chi connectivity index (χ4n) is 1.31. The van der Waals surface area contributed by atoms with Crippen molar-refractivity contribution in [1.82, 2.24) is 5.32 Å². The molecule has 0 aliphatic carbocycles. The molecule has 0 aromatic rings. The summed E-state index contributed by atoms with van der Waals surface area (Å²) < 4.78 is 0. The molecular weight excluding hydrogens is 194 g/mol. The first-order valence-corrected chi connectivity index (χ1v) is 5.44. The highest BCUT2D eigenvalue weighted by molar-refractivity contribution is 5.66. The van der Waals surface area contributed by atoms with Gasteiger partial charge in [0.05, 0.1) is 6.10 Å². The fraction of sp³-hybridized carbons (Fsp3) is 0.909. The van der Waals surface area contributed by atoms with Gasteiger partial charge in [0, 0.05) is 13.0 Å². The smallest absolute Gasteiger partial charge is 0.303 e. The van der Waals surface area contributed by atoms with E-state index in [0.29, 0.717) is 13.0 Å². The van der Waals surface area contributed by atoms with E-state index in [0.717, 1.165) is 13.0 Å². The molecule has 0 radical (unpaired) electrons. The number of nitrogens with one attached hydrogen (secondary N) is 1. The maximum Gasteiger partial charge on any atom is 0.303 e. The molecule has 0 fully saturated rings. The lowest BCUT2D eigenvalue weighted by atomic mass is 9.84. The van der Waals surface area contributed by atoms with Crippen molar-refractivity contribution < 1.29 is 15.0 Å². The Morgan fingerprint density at radius 3 is 2.47 bits per heavy atom. The van der Waals surface area contributed by atoms with Crippen LogP contribution in [0.4, 0.5) is 0 Å². The Morgan fingerprint density at radius 2 is 2.00 bits per heavy atom. The van der Waals surface area contributed by atoms with E-state index in [1.807, 2.05) is 0 Å². The summed E-state index contributed by atoms with van der Waals surface area (Å²) >= 11 is 0. The van der Waals surface area contributed by atoms with Gasteiger partial charge >= 0.3 is 5.97 Å². The van der Waals surface area contributed by atoms with Gasteiger partial charge in [-0.2, -0.15) is 0 Å². The minimum atomic E-state index is -0.736. The number of aliphatic hydroxyl groups excluding tert-OH is 1. The van der Waals surface area contributed by atoms with Crippen LogP contribution in [0.3, 0.4) is 0 Å². The molecule has 0 spiro atoms. The third kappa shape index (κ3) is 9.69. The lowest BCUT2D eigenvalue weighted by Gasteiger charge is -2.24. The van der Waals surface area contributed by atoms with Crippen LogP contribution in [0.5, 0.6) is 0 Å². The molecular formula is C11H23NO3. The predicted molar refractivity (Wildman–Crippen MR) is 59.8 cm³/mol. The zero-order chi connectivity index (χ0) is 11.9. The Hall–Kier alpha value is -0.610. The number of carboxylic acids is 1. The Balaban J connectivity index is 3.59. The van der Waals surface area contributed by atoms with Crippen molar-refractivity contribution >= 4 is 5.97 Å². The van der Waals surface area contributed by atoms with Crippen molar-refractivity contribution in [2.75, 3.05) is 13.1 Å². The van der Waals surface area contributed by atoms with Crippen molar-refractivity contribution in [2.24, 2.45) is 5.41 Å². The van der Waals surface area contributed by atoms with Gasteiger partial charge in [-0.15, -0.1) is 0 Å². The molecule has 0 aliphatic heterocycles. The van der Waals surface area contributed by atoms with Crippen LogP contribution in [-0.2, 0) is 4.79 Å². The number of aliphatic hydroxyl groups is 1. The average Bonchev–Trinajstić information content (AvgIpc) is 2.09. The number of carbonyl (C=O) groups is 1. The molecule has 0 saturated carbocycles.